The molecular formula is C27H34N4O3. The molecule has 0 unspecified atom stereocenters. The molecule has 7 heteroatoms. The lowest BCUT2D eigenvalue weighted by Crippen LogP contribution is -2.48. The number of hydrazine groups is 1. The smallest absolute Gasteiger partial charge is 0.242 e. The van der Waals surface area contributed by atoms with Crippen molar-refractivity contribution in [1.82, 2.24) is 15.8 Å². The fourth-order valence-corrected chi connectivity index (χ4v) is 4.55. The molecule has 1 fully saturated rings. The molecule has 7 nitrogen and oxygen atoms in total. The molecular weight excluding hydrogens is 428 g/mol. The van der Waals surface area contributed by atoms with Crippen LogP contribution < -0.4 is 15.8 Å². The number of nitrogens with zero attached hydrogens (tertiary/aromatic N) is 2. The van der Waals surface area contributed by atoms with Gasteiger partial charge in [-0.1, -0.05) is 32.0 Å². The number of amides is 2. The van der Waals surface area contributed by atoms with E-state index < -0.39 is 0 Å². The van der Waals surface area contributed by atoms with E-state index in [9.17, 15) is 9.59 Å². The average molecular weight is 463 g/mol. The Balaban J connectivity index is 1.20. The first-order chi connectivity index (χ1) is 16.4. The Morgan fingerprint density at radius 2 is 1.71 bits per heavy atom. The zero-order valence-electron chi connectivity index (χ0n) is 20.3. The fraction of sp³-hybridized carbons (Fsp3) is 0.407. The first-order valence-corrected chi connectivity index (χ1v) is 12.0. The van der Waals surface area contributed by atoms with Crippen LogP contribution in [0.1, 0.15) is 42.9 Å². The molecule has 0 radical (unpaired) electrons. The lowest BCUT2D eigenvalue weighted by Gasteiger charge is -2.36. The van der Waals surface area contributed by atoms with Crippen LogP contribution in [-0.4, -0.2) is 49.4 Å². The van der Waals surface area contributed by atoms with Crippen molar-refractivity contribution < 1.29 is 14.0 Å². The summed E-state index contributed by atoms with van der Waals surface area (Å²) in [6.45, 7) is 10.8. The van der Waals surface area contributed by atoms with Crippen molar-refractivity contribution in [2.45, 2.75) is 39.5 Å². The predicted molar refractivity (Wildman–Crippen MR) is 135 cm³/mol. The minimum Gasteiger partial charge on any atom is -0.464 e. The molecule has 0 bridgehead atoms. The van der Waals surface area contributed by atoms with Crippen molar-refractivity contribution in [1.29, 1.82) is 0 Å². The number of hydrogen-bond acceptors (Lipinski definition) is 5. The van der Waals surface area contributed by atoms with Crippen molar-refractivity contribution in [3.05, 3.63) is 65.4 Å². The maximum atomic E-state index is 12.4. The van der Waals surface area contributed by atoms with Gasteiger partial charge >= 0.3 is 0 Å². The molecule has 2 amide bonds. The van der Waals surface area contributed by atoms with Gasteiger partial charge in [-0.3, -0.25) is 25.3 Å². The Morgan fingerprint density at radius 3 is 2.41 bits per heavy atom. The number of carbonyl (C=O) groups is 2. The van der Waals surface area contributed by atoms with E-state index in [4.69, 9.17) is 4.42 Å². The van der Waals surface area contributed by atoms with Crippen LogP contribution in [0.2, 0.25) is 0 Å². The molecule has 180 valence electrons. The van der Waals surface area contributed by atoms with Crippen molar-refractivity contribution in [3.8, 4) is 0 Å². The summed E-state index contributed by atoms with van der Waals surface area (Å²) in [5.41, 5.74) is 10.4. The standard InChI is InChI=1S/C27H34N4O3/c1-19(2)23-17-24-21(18-34-25(24)15-20(23)3)16-27(33)29-28-26(32)9-10-30-11-13-31(14-12-30)22-7-5-4-6-8-22/h4-8,15,17-19H,9-14,16H2,1-3H3,(H,28,32)(H,29,33). The Morgan fingerprint density at radius 1 is 1.00 bits per heavy atom. The van der Waals surface area contributed by atoms with Crippen LogP contribution in [-0.2, 0) is 16.0 Å². The number of aryl methyl sites for hydroxylation is 1. The number of benzene rings is 2. The number of rotatable bonds is 7. The largest absolute Gasteiger partial charge is 0.464 e. The maximum Gasteiger partial charge on any atom is 0.242 e. The zero-order chi connectivity index (χ0) is 24.1. The van der Waals surface area contributed by atoms with Crippen LogP contribution in [0.5, 0.6) is 0 Å². The van der Waals surface area contributed by atoms with Gasteiger partial charge in [0.2, 0.25) is 11.8 Å². The normalized spacial score (nSPS) is 14.5. The Bertz CT molecular complexity index is 1130. The summed E-state index contributed by atoms with van der Waals surface area (Å²) in [5.74, 6) is -0.0608. The van der Waals surface area contributed by atoms with Gasteiger partial charge in [0.1, 0.15) is 5.58 Å². The van der Waals surface area contributed by atoms with Crippen LogP contribution in [0.15, 0.2) is 53.1 Å². The topological polar surface area (TPSA) is 77.8 Å². The van der Waals surface area contributed by atoms with Gasteiger partial charge in [-0.25, -0.2) is 0 Å². The van der Waals surface area contributed by atoms with E-state index in [0.717, 1.165) is 42.7 Å². The van der Waals surface area contributed by atoms with Crippen LogP contribution in [0.25, 0.3) is 11.0 Å². The molecule has 1 aliphatic rings. The fourth-order valence-electron chi connectivity index (χ4n) is 4.55. The predicted octanol–water partition coefficient (Wildman–Crippen LogP) is 3.77. The van der Waals surface area contributed by atoms with Gasteiger partial charge in [-0.05, 0) is 48.2 Å². The lowest BCUT2D eigenvalue weighted by atomic mass is 9.95. The molecule has 34 heavy (non-hydrogen) atoms. The van der Waals surface area contributed by atoms with Crippen LogP contribution in [0.3, 0.4) is 0 Å². The van der Waals surface area contributed by atoms with Crippen LogP contribution in [0.4, 0.5) is 5.69 Å². The Labute approximate surface area is 201 Å². The van der Waals surface area contributed by atoms with Gasteiger partial charge in [0.15, 0.2) is 0 Å². The summed E-state index contributed by atoms with van der Waals surface area (Å²) in [4.78, 5) is 29.4. The van der Waals surface area contributed by atoms with E-state index in [2.05, 4.69) is 71.8 Å². The first-order valence-electron chi connectivity index (χ1n) is 12.0. The summed E-state index contributed by atoms with van der Waals surface area (Å²) in [5, 5.41) is 0.949. The summed E-state index contributed by atoms with van der Waals surface area (Å²) >= 11 is 0. The van der Waals surface area contributed by atoms with E-state index >= 15 is 0 Å². The molecule has 2 aromatic carbocycles. The zero-order valence-corrected chi connectivity index (χ0v) is 20.3. The highest BCUT2D eigenvalue weighted by Crippen LogP contribution is 2.29. The van der Waals surface area contributed by atoms with Gasteiger partial charge in [-0.15, -0.1) is 0 Å². The summed E-state index contributed by atoms with van der Waals surface area (Å²) in [6.07, 6.45) is 2.12. The number of carbonyl (C=O) groups excluding carboxylic acids is 2. The molecule has 3 aromatic rings. The highest BCUT2D eigenvalue weighted by molar-refractivity contribution is 5.89. The molecule has 0 saturated carbocycles. The number of fused-ring (bicyclic) bond motifs is 1. The van der Waals surface area contributed by atoms with Gasteiger partial charge in [0.05, 0.1) is 12.7 Å². The molecule has 4 rings (SSSR count). The van der Waals surface area contributed by atoms with Crippen LogP contribution >= 0.6 is 0 Å². The summed E-state index contributed by atoms with van der Waals surface area (Å²) < 4.78 is 5.66. The lowest BCUT2D eigenvalue weighted by molar-refractivity contribution is -0.128. The number of hydrogen-bond donors (Lipinski definition) is 2. The summed E-state index contributed by atoms with van der Waals surface area (Å²) in [6, 6.07) is 14.5. The monoisotopic (exact) mass is 462 g/mol. The third-order valence-electron chi connectivity index (χ3n) is 6.51. The average Bonchev–Trinajstić information content (AvgIpc) is 3.22. The quantitative estimate of drug-likeness (QED) is 0.523. The summed E-state index contributed by atoms with van der Waals surface area (Å²) in [7, 11) is 0. The van der Waals surface area contributed by atoms with E-state index in [1.165, 1.54) is 16.8 Å². The van der Waals surface area contributed by atoms with Gasteiger partial charge in [0, 0.05) is 55.8 Å². The van der Waals surface area contributed by atoms with Crippen molar-refractivity contribution in [2.24, 2.45) is 0 Å². The first kappa shape index (κ1) is 23.8. The minimum absolute atomic E-state index is 0.148. The van der Waals surface area contributed by atoms with E-state index in [1.807, 2.05) is 12.1 Å². The number of piperazine rings is 1. The molecule has 0 spiro atoms. The van der Waals surface area contributed by atoms with Crippen molar-refractivity contribution >= 4 is 28.5 Å². The number of furan rings is 1. The maximum absolute atomic E-state index is 12.4. The highest BCUT2D eigenvalue weighted by Gasteiger charge is 2.18. The SMILES string of the molecule is Cc1cc2occ(CC(=O)NNC(=O)CCN3CCN(c4ccccc4)CC3)c2cc1C(C)C. The molecule has 1 saturated heterocycles. The molecule has 0 atom stereocenters. The molecule has 2 heterocycles. The third kappa shape index (κ3) is 5.78. The van der Waals surface area contributed by atoms with Crippen LogP contribution in [0, 0.1) is 6.92 Å². The van der Waals surface area contributed by atoms with E-state index in [0.29, 0.717) is 18.9 Å². The van der Waals surface area contributed by atoms with Gasteiger partial charge < -0.3 is 9.32 Å². The second kappa shape index (κ2) is 10.7. The second-order valence-corrected chi connectivity index (χ2v) is 9.31. The van der Waals surface area contributed by atoms with Crippen molar-refractivity contribution in [3.63, 3.8) is 0 Å². The highest BCUT2D eigenvalue weighted by atomic mass is 16.3. The number of nitrogens with one attached hydrogen (secondary N) is 2. The molecule has 1 aliphatic heterocycles. The third-order valence-corrected chi connectivity index (χ3v) is 6.51. The molecule has 2 N–H and O–H groups in total. The van der Waals surface area contributed by atoms with Crippen molar-refractivity contribution in [2.75, 3.05) is 37.6 Å². The van der Waals surface area contributed by atoms with E-state index in [-0.39, 0.29) is 18.2 Å². The Kier molecular flexibility index (Phi) is 7.53. The number of anilines is 1. The molecule has 0 aliphatic carbocycles. The van der Waals surface area contributed by atoms with Gasteiger partial charge in [-0.2, -0.15) is 0 Å². The second-order valence-electron chi connectivity index (χ2n) is 9.31. The van der Waals surface area contributed by atoms with Gasteiger partial charge in [0.25, 0.3) is 0 Å². The number of para-hydroxylation sites is 1. The molecule has 1 aromatic heterocycles. The Hall–Kier alpha value is -3.32. The van der Waals surface area contributed by atoms with E-state index in [1.54, 1.807) is 6.26 Å². The minimum atomic E-state index is -0.265.